The SMILES string of the molecule is CCOc1ccc(NC(=O)c2cnn3c2NC2=C(C(=O)CC(C)(C)C2)C3c2ccc(OC)cc2)cc1. The van der Waals surface area contributed by atoms with Crippen molar-refractivity contribution in [2.24, 2.45) is 5.41 Å². The molecule has 0 saturated carbocycles. The maximum absolute atomic E-state index is 13.4. The van der Waals surface area contributed by atoms with E-state index in [0.29, 0.717) is 42.1 Å². The summed E-state index contributed by atoms with van der Waals surface area (Å²) in [7, 11) is 1.62. The zero-order chi connectivity index (χ0) is 25.4. The minimum atomic E-state index is -0.433. The summed E-state index contributed by atoms with van der Waals surface area (Å²) in [5.74, 6) is 1.85. The van der Waals surface area contributed by atoms with Crippen LogP contribution in [-0.4, -0.2) is 35.2 Å². The quantitative estimate of drug-likeness (QED) is 0.497. The normalized spacial score (nSPS) is 18.1. The van der Waals surface area contributed by atoms with Gasteiger partial charge in [-0.15, -0.1) is 0 Å². The van der Waals surface area contributed by atoms with E-state index in [1.807, 2.05) is 43.3 Å². The number of rotatable bonds is 6. The van der Waals surface area contributed by atoms with Gasteiger partial charge in [0.15, 0.2) is 5.78 Å². The van der Waals surface area contributed by atoms with Crippen LogP contribution < -0.4 is 20.1 Å². The molecule has 1 unspecified atom stereocenters. The van der Waals surface area contributed by atoms with Gasteiger partial charge in [0.25, 0.3) is 5.91 Å². The number of hydrogen-bond acceptors (Lipinski definition) is 6. The third-order valence-electron chi connectivity index (χ3n) is 6.60. The zero-order valence-corrected chi connectivity index (χ0v) is 20.9. The second kappa shape index (κ2) is 9.18. The third-order valence-corrected chi connectivity index (χ3v) is 6.60. The highest BCUT2D eigenvalue weighted by Gasteiger charge is 2.42. The van der Waals surface area contributed by atoms with E-state index in [1.165, 1.54) is 0 Å². The molecule has 2 aliphatic rings. The largest absolute Gasteiger partial charge is 0.497 e. The van der Waals surface area contributed by atoms with Crippen molar-refractivity contribution in [3.05, 3.63) is 77.1 Å². The monoisotopic (exact) mass is 486 g/mol. The van der Waals surface area contributed by atoms with Crippen molar-refractivity contribution in [1.29, 1.82) is 0 Å². The number of carbonyl (C=O) groups is 2. The van der Waals surface area contributed by atoms with E-state index in [4.69, 9.17) is 9.47 Å². The number of ether oxygens (including phenoxy) is 2. The molecule has 1 aromatic heterocycles. The fraction of sp³-hybridized carbons (Fsp3) is 0.321. The molecule has 5 rings (SSSR count). The van der Waals surface area contributed by atoms with Crippen LogP contribution in [0.3, 0.4) is 0 Å². The first kappa shape index (κ1) is 23.7. The van der Waals surface area contributed by atoms with E-state index in [1.54, 1.807) is 30.1 Å². The van der Waals surface area contributed by atoms with Crippen LogP contribution in [0.4, 0.5) is 11.5 Å². The van der Waals surface area contributed by atoms with Crippen LogP contribution in [-0.2, 0) is 4.79 Å². The Morgan fingerprint density at radius 2 is 1.81 bits per heavy atom. The van der Waals surface area contributed by atoms with Crippen molar-refractivity contribution in [3.63, 3.8) is 0 Å². The summed E-state index contributed by atoms with van der Waals surface area (Å²) in [4.78, 5) is 26.7. The molecule has 0 bridgehead atoms. The van der Waals surface area contributed by atoms with E-state index >= 15 is 0 Å². The first-order chi connectivity index (χ1) is 17.3. The summed E-state index contributed by atoms with van der Waals surface area (Å²) in [6, 6.07) is 14.4. The summed E-state index contributed by atoms with van der Waals surface area (Å²) in [5.41, 5.74) is 3.33. The van der Waals surface area contributed by atoms with Gasteiger partial charge in [0.05, 0.1) is 19.9 Å². The van der Waals surface area contributed by atoms with Crippen LogP contribution in [0, 0.1) is 5.41 Å². The molecule has 2 aromatic carbocycles. The highest BCUT2D eigenvalue weighted by molar-refractivity contribution is 6.08. The lowest BCUT2D eigenvalue weighted by Crippen LogP contribution is -2.37. The van der Waals surface area contributed by atoms with Crippen LogP contribution >= 0.6 is 0 Å². The molecule has 0 saturated heterocycles. The smallest absolute Gasteiger partial charge is 0.261 e. The molecule has 1 aliphatic carbocycles. The standard InChI is InChI=1S/C28H30N4O4/c1-5-36-20-12-8-18(9-13-20)30-27(34)21-16-29-32-25(17-6-10-19(35-4)11-7-17)24-22(31-26(21)32)14-28(2,3)15-23(24)33/h6-13,16,25,31H,5,14-15H2,1-4H3,(H,30,34). The summed E-state index contributed by atoms with van der Waals surface area (Å²) in [6.07, 6.45) is 2.71. The van der Waals surface area contributed by atoms with Gasteiger partial charge in [0, 0.05) is 23.4 Å². The maximum atomic E-state index is 13.4. The Labute approximate surface area is 210 Å². The number of aromatic nitrogens is 2. The first-order valence-electron chi connectivity index (χ1n) is 12.1. The predicted molar refractivity (Wildman–Crippen MR) is 138 cm³/mol. The van der Waals surface area contributed by atoms with Crippen molar-refractivity contribution in [3.8, 4) is 11.5 Å². The van der Waals surface area contributed by atoms with E-state index in [0.717, 1.165) is 22.8 Å². The number of nitrogens with zero attached hydrogens (tertiary/aromatic N) is 2. The Morgan fingerprint density at radius 1 is 1.11 bits per heavy atom. The van der Waals surface area contributed by atoms with Crippen LogP contribution in [0.25, 0.3) is 0 Å². The van der Waals surface area contributed by atoms with Crippen LogP contribution in [0.1, 0.15) is 55.6 Å². The Morgan fingerprint density at radius 3 is 2.47 bits per heavy atom. The van der Waals surface area contributed by atoms with E-state index < -0.39 is 6.04 Å². The molecular weight excluding hydrogens is 456 g/mol. The van der Waals surface area contributed by atoms with Gasteiger partial charge in [-0.25, -0.2) is 4.68 Å². The van der Waals surface area contributed by atoms with Gasteiger partial charge in [-0.2, -0.15) is 5.10 Å². The van der Waals surface area contributed by atoms with Crippen LogP contribution in [0.2, 0.25) is 0 Å². The van der Waals surface area contributed by atoms with Gasteiger partial charge in [-0.05, 0) is 60.7 Å². The lowest BCUT2D eigenvalue weighted by atomic mass is 9.73. The molecule has 2 heterocycles. The van der Waals surface area contributed by atoms with Crippen molar-refractivity contribution >= 4 is 23.2 Å². The number of methoxy groups -OCH3 is 1. The number of carbonyl (C=O) groups excluding carboxylic acids is 2. The zero-order valence-electron chi connectivity index (χ0n) is 20.9. The number of hydrogen-bond donors (Lipinski definition) is 2. The lowest BCUT2D eigenvalue weighted by Gasteiger charge is -2.39. The van der Waals surface area contributed by atoms with E-state index in [9.17, 15) is 9.59 Å². The molecule has 3 aromatic rings. The summed E-state index contributed by atoms with van der Waals surface area (Å²) < 4.78 is 12.5. The molecule has 0 radical (unpaired) electrons. The van der Waals surface area contributed by atoms with Gasteiger partial charge in [0.1, 0.15) is 28.9 Å². The average Bonchev–Trinajstić information content (AvgIpc) is 3.27. The van der Waals surface area contributed by atoms with Crippen molar-refractivity contribution in [1.82, 2.24) is 9.78 Å². The average molecular weight is 487 g/mol. The number of benzene rings is 2. The molecular formula is C28H30N4O4. The van der Waals surface area contributed by atoms with Gasteiger partial charge in [-0.3, -0.25) is 9.59 Å². The number of nitrogens with one attached hydrogen (secondary N) is 2. The second-order valence-electron chi connectivity index (χ2n) is 9.90. The Kier molecular flexibility index (Phi) is 6.04. The first-order valence-corrected chi connectivity index (χ1v) is 12.1. The topological polar surface area (TPSA) is 94.5 Å². The predicted octanol–water partition coefficient (Wildman–Crippen LogP) is 5.20. The van der Waals surface area contributed by atoms with Crippen molar-refractivity contribution < 1.29 is 19.1 Å². The van der Waals surface area contributed by atoms with Crippen LogP contribution in [0.15, 0.2) is 66.0 Å². The number of amides is 1. The molecule has 1 atom stereocenters. The summed E-state index contributed by atoms with van der Waals surface area (Å²) >= 11 is 0. The van der Waals surface area contributed by atoms with Crippen molar-refractivity contribution in [2.75, 3.05) is 24.4 Å². The number of Topliss-reactive ketones (excluding diaryl/α,β-unsaturated/α-hetero) is 1. The molecule has 8 nitrogen and oxygen atoms in total. The number of fused-ring (bicyclic) bond motifs is 1. The molecule has 2 N–H and O–H groups in total. The minimum absolute atomic E-state index is 0.0936. The maximum Gasteiger partial charge on any atom is 0.261 e. The van der Waals surface area contributed by atoms with Gasteiger partial charge in [0.2, 0.25) is 0 Å². The minimum Gasteiger partial charge on any atom is -0.497 e. The fourth-order valence-electron chi connectivity index (χ4n) is 4.97. The highest BCUT2D eigenvalue weighted by Crippen LogP contribution is 2.46. The molecule has 0 fully saturated rings. The second-order valence-corrected chi connectivity index (χ2v) is 9.90. The van der Waals surface area contributed by atoms with E-state index in [-0.39, 0.29) is 17.1 Å². The molecule has 1 amide bonds. The number of ketones is 1. The summed E-state index contributed by atoms with van der Waals surface area (Å²) in [6.45, 7) is 6.67. The fourth-order valence-corrected chi connectivity index (χ4v) is 4.97. The van der Waals surface area contributed by atoms with Crippen molar-refractivity contribution in [2.45, 2.75) is 39.7 Å². The third kappa shape index (κ3) is 4.34. The Bertz CT molecular complexity index is 1340. The summed E-state index contributed by atoms with van der Waals surface area (Å²) in [5, 5.41) is 10.9. The molecule has 0 spiro atoms. The van der Waals surface area contributed by atoms with Gasteiger partial charge in [-0.1, -0.05) is 26.0 Å². The van der Waals surface area contributed by atoms with Gasteiger partial charge >= 0.3 is 0 Å². The Balaban J connectivity index is 1.52. The Hall–Kier alpha value is -4.07. The molecule has 1 aliphatic heterocycles. The van der Waals surface area contributed by atoms with Crippen LogP contribution in [0.5, 0.6) is 11.5 Å². The number of allylic oxidation sites excluding steroid dienone is 2. The number of anilines is 2. The van der Waals surface area contributed by atoms with Gasteiger partial charge < -0.3 is 20.1 Å². The highest BCUT2D eigenvalue weighted by atomic mass is 16.5. The molecule has 186 valence electrons. The molecule has 36 heavy (non-hydrogen) atoms. The lowest BCUT2D eigenvalue weighted by molar-refractivity contribution is -0.118. The van der Waals surface area contributed by atoms with E-state index in [2.05, 4.69) is 29.6 Å². The molecule has 8 heteroatoms.